The molecule has 380 valence electrons. The Morgan fingerprint density at radius 3 is 2.07 bits per heavy atom. The quantitative estimate of drug-likeness (QED) is 0.0728. The number of aromatic amines is 2. The standard InChI is InChI=1S/C55H65F2N9O6/c1-9-43(67)62-44(27(2)3)50(68)63-45(28(4)5)51(69)65-26-54(18-19-54)24-42(65)48-58-25-41(61-48)32-12-16-36-35-15-11-30(21-37(35)55(56,57)38(36)22-32)31-13-17-39-40(23-31)60-49(59-39)47-33-10-14-34(20-33)66(47)52(70)46(29(6)7)64-53(71)72-8/h11-13,15-17,21-23,25,27-29,33-34,42,44-47H,9-10,14,18-20,24,26H2,1-8H3,(H,58,61)(H,59,60)(H,62,67)(H,63,68)(H,64,71)/t33-,34+,42-,44?,45-,46-,47-/m0/s1. The maximum atomic E-state index is 16.8. The van der Waals surface area contributed by atoms with E-state index in [1.54, 1.807) is 31.3 Å². The molecule has 7 atom stereocenters. The van der Waals surface area contributed by atoms with Gasteiger partial charge in [-0.2, -0.15) is 8.78 Å². The van der Waals surface area contributed by atoms with Crippen LogP contribution in [0.1, 0.15) is 128 Å². The molecular weight excluding hydrogens is 921 g/mol. The molecule has 2 saturated carbocycles. The fraction of sp³-hybridized carbons (Fsp3) is 0.509. The zero-order chi connectivity index (χ0) is 51.1. The summed E-state index contributed by atoms with van der Waals surface area (Å²) < 4.78 is 38.5. The zero-order valence-corrected chi connectivity index (χ0v) is 42.2. The van der Waals surface area contributed by atoms with Crippen LogP contribution in [0.25, 0.3) is 44.5 Å². The van der Waals surface area contributed by atoms with E-state index in [2.05, 4.69) is 25.9 Å². The van der Waals surface area contributed by atoms with Gasteiger partial charge in [0, 0.05) is 35.7 Å². The zero-order valence-electron chi connectivity index (χ0n) is 42.2. The fourth-order valence-electron chi connectivity index (χ4n) is 11.9. The van der Waals surface area contributed by atoms with Crippen LogP contribution in [0.3, 0.4) is 0 Å². The average Bonchev–Trinajstić information content (AvgIpc) is 4.02. The number of ether oxygens (including phenoxy) is 1. The van der Waals surface area contributed by atoms with Crippen LogP contribution in [0, 0.1) is 29.1 Å². The number of nitrogens with zero attached hydrogens (tertiary/aromatic N) is 4. The van der Waals surface area contributed by atoms with Gasteiger partial charge >= 0.3 is 6.09 Å². The minimum atomic E-state index is -3.31. The normalized spacial score (nSPS) is 22.3. The molecule has 2 saturated heterocycles. The van der Waals surface area contributed by atoms with Crippen molar-refractivity contribution >= 4 is 40.8 Å². The molecule has 5 aliphatic rings. The van der Waals surface area contributed by atoms with Gasteiger partial charge in [0.15, 0.2) is 0 Å². The molecule has 72 heavy (non-hydrogen) atoms. The van der Waals surface area contributed by atoms with E-state index in [1.807, 2.05) is 81.7 Å². The van der Waals surface area contributed by atoms with E-state index in [0.717, 1.165) is 43.2 Å². The minimum absolute atomic E-state index is 0.0371. The number of carbonyl (C=O) groups excluding carboxylic acids is 5. The lowest BCUT2D eigenvalue weighted by Crippen LogP contribution is -2.57. The van der Waals surface area contributed by atoms with E-state index >= 15 is 8.78 Å². The summed E-state index contributed by atoms with van der Waals surface area (Å²) in [5, 5.41) is 8.50. The summed E-state index contributed by atoms with van der Waals surface area (Å²) in [6.07, 6.45) is 6.54. The highest BCUT2D eigenvalue weighted by Gasteiger charge is 2.56. The number of piperidine rings is 1. The smallest absolute Gasteiger partial charge is 0.407 e. The number of carbonyl (C=O) groups is 5. The molecule has 1 spiro atoms. The summed E-state index contributed by atoms with van der Waals surface area (Å²) in [4.78, 5) is 87.0. The molecule has 10 rings (SSSR count). The Balaban J connectivity index is 0.875. The third-order valence-corrected chi connectivity index (χ3v) is 16.1. The molecule has 2 aliphatic heterocycles. The second kappa shape index (κ2) is 18.4. The predicted molar refractivity (Wildman–Crippen MR) is 267 cm³/mol. The molecule has 5 N–H and O–H groups in total. The van der Waals surface area contributed by atoms with Crippen LogP contribution < -0.4 is 16.0 Å². The predicted octanol–water partition coefficient (Wildman–Crippen LogP) is 8.92. The van der Waals surface area contributed by atoms with Crippen molar-refractivity contribution in [1.82, 2.24) is 45.7 Å². The van der Waals surface area contributed by atoms with Crippen LogP contribution >= 0.6 is 0 Å². The highest BCUT2D eigenvalue weighted by molar-refractivity contribution is 5.93. The first-order valence-corrected chi connectivity index (χ1v) is 25.6. The van der Waals surface area contributed by atoms with Crippen molar-refractivity contribution in [2.45, 2.75) is 136 Å². The molecule has 3 aliphatic carbocycles. The summed E-state index contributed by atoms with van der Waals surface area (Å²) in [6, 6.07) is 12.9. The largest absolute Gasteiger partial charge is 0.453 e. The Morgan fingerprint density at radius 2 is 1.42 bits per heavy atom. The van der Waals surface area contributed by atoms with Gasteiger partial charge in [-0.15, -0.1) is 0 Å². The number of likely N-dealkylation sites (tertiary alicyclic amines) is 2. The molecule has 2 bridgehead atoms. The summed E-state index contributed by atoms with van der Waals surface area (Å²) in [7, 11) is 1.28. The number of alkyl halides is 2. The monoisotopic (exact) mass is 986 g/mol. The molecular formula is C55H65F2N9O6. The number of rotatable bonds is 14. The number of hydrogen-bond donors (Lipinski definition) is 5. The van der Waals surface area contributed by atoms with Crippen LogP contribution in [0.5, 0.6) is 0 Å². The Labute approximate surface area is 418 Å². The van der Waals surface area contributed by atoms with Gasteiger partial charge in [-0.3, -0.25) is 19.2 Å². The Kier molecular flexibility index (Phi) is 12.5. The van der Waals surface area contributed by atoms with Crippen LogP contribution in [0.4, 0.5) is 13.6 Å². The lowest BCUT2D eigenvalue weighted by Gasteiger charge is -2.37. The molecule has 5 aromatic rings. The maximum Gasteiger partial charge on any atom is 0.407 e. The second-order valence-corrected chi connectivity index (χ2v) is 22.0. The highest BCUT2D eigenvalue weighted by atomic mass is 19.3. The van der Waals surface area contributed by atoms with Crippen molar-refractivity contribution in [2.24, 2.45) is 29.1 Å². The topological polar surface area (TPSA) is 195 Å². The van der Waals surface area contributed by atoms with E-state index in [9.17, 15) is 24.0 Å². The minimum Gasteiger partial charge on any atom is -0.453 e. The highest BCUT2D eigenvalue weighted by Crippen LogP contribution is 2.59. The number of benzene rings is 3. The summed E-state index contributed by atoms with van der Waals surface area (Å²) >= 11 is 0. The van der Waals surface area contributed by atoms with Crippen molar-refractivity contribution in [1.29, 1.82) is 0 Å². The van der Waals surface area contributed by atoms with Crippen LogP contribution in [-0.2, 0) is 29.8 Å². The lowest BCUT2D eigenvalue weighted by molar-refractivity contribution is -0.140. The molecule has 3 aromatic carbocycles. The van der Waals surface area contributed by atoms with Gasteiger partial charge < -0.3 is 40.5 Å². The number of alkyl carbamates (subject to hydrolysis) is 1. The number of nitrogens with one attached hydrogen (secondary N) is 5. The van der Waals surface area contributed by atoms with Gasteiger partial charge in [-0.1, -0.05) is 78.8 Å². The molecule has 5 amide bonds. The van der Waals surface area contributed by atoms with Crippen molar-refractivity contribution in [2.75, 3.05) is 13.7 Å². The Morgan fingerprint density at radius 1 is 0.778 bits per heavy atom. The number of amides is 5. The number of imidazole rings is 2. The van der Waals surface area contributed by atoms with Gasteiger partial charge in [0.05, 0.1) is 42.1 Å². The number of aromatic nitrogens is 4. The van der Waals surface area contributed by atoms with Gasteiger partial charge in [-0.25, -0.2) is 14.8 Å². The van der Waals surface area contributed by atoms with Gasteiger partial charge in [0.25, 0.3) is 5.92 Å². The molecule has 17 heteroatoms. The van der Waals surface area contributed by atoms with E-state index in [4.69, 9.17) is 14.7 Å². The molecule has 1 unspecified atom stereocenters. The van der Waals surface area contributed by atoms with Crippen molar-refractivity contribution < 1.29 is 37.5 Å². The molecule has 0 radical (unpaired) electrons. The van der Waals surface area contributed by atoms with Gasteiger partial charge in [0.2, 0.25) is 23.6 Å². The molecule has 15 nitrogen and oxygen atoms in total. The van der Waals surface area contributed by atoms with Crippen molar-refractivity contribution in [3.63, 3.8) is 0 Å². The SMILES string of the molecule is CCC(=O)NC(C(=O)N[C@H](C(=O)N1CC2(CC2)C[C@H]1c1ncc(-c2ccc3c(c2)C(F)(F)c2cc(-c4ccc5nc([C@@H]6[C@H]7CC[C@H](C7)N6C(=O)[C@@H](NC(=O)OC)C(C)C)[nH]c5c4)ccc2-3)[nH]1)C(C)C)C(C)C. The number of methoxy groups -OCH3 is 1. The van der Waals surface area contributed by atoms with E-state index < -0.39 is 42.1 Å². The average molecular weight is 986 g/mol. The molecule has 4 heterocycles. The van der Waals surface area contributed by atoms with Crippen LogP contribution in [0.2, 0.25) is 0 Å². The summed E-state index contributed by atoms with van der Waals surface area (Å²) in [5.41, 5.74) is 4.53. The number of hydrogen-bond acceptors (Lipinski definition) is 8. The van der Waals surface area contributed by atoms with E-state index in [-0.39, 0.29) is 76.4 Å². The second-order valence-electron chi connectivity index (χ2n) is 22.0. The molecule has 4 fully saturated rings. The van der Waals surface area contributed by atoms with E-state index in [1.165, 1.54) is 13.2 Å². The van der Waals surface area contributed by atoms with Gasteiger partial charge in [0.1, 0.15) is 29.8 Å². The summed E-state index contributed by atoms with van der Waals surface area (Å²) in [6.45, 7) is 13.5. The fourth-order valence-corrected chi connectivity index (χ4v) is 11.9. The maximum absolute atomic E-state index is 16.8. The van der Waals surface area contributed by atoms with Crippen LogP contribution in [0.15, 0.2) is 60.8 Å². The van der Waals surface area contributed by atoms with Crippen molar-refractivity contribution in [3.8, 4) is 33.5 Å². The van der Waals surface area contributed by atoms with Crippen LogP contribution in [-0.4, -0.2) is 97.3 Å². The number of fused-ring (bicyclic) bond motifs is 6. The first-order chi connectivity index (χ1) is 34.3. The molecule has 2 aromatic heterocycles. The van der Waals surface area contributed by atoms with Gasteiger partial charge in [-0.05, 0) is 114 Å². The first kappa shape index (κ1) is 49.0. The Bertz CT molecular complexity index is 2980. The number of halogens is 2. The van der Waals surface area contributed by atoms with E-state index in [0.29, 0.717) is 58.1 Å². The third-order valence-electron chi connectivity index (χ3n) is 16.1. The van der Waals surface area contributed by atoms with Crippen molar-refractivity contribution in [3.05, 3.63) is 83.6 Å². The summed E-state index contributed by atoms with van der Waals surface area (Å²) in [5.74, 6) is -3.52. The number of H-pyrrole nitrogens is 2. The lowest BCUT2D eigenvalue weighted by atomic mass is 9.95. The third kappa shape index (κ3) is 8.59. The Hall–Kier alpha value is -6.65. The first-order valence-electron chi connectivity index (χ1n) is 25.6.